The van der Waals surface area contributed by atoms with Gasteiger partial charge in [-0.15, -0.1) is 0 Å². The minimum atomic E-state index is -4.59. The standard InChI is InChI=1S/C27H31F3N3O5/c1-3-19-13-21-25(23(14-31(21)2)38-17-27(28,29)30)26(37)33(19,15-22(35)18-7-5-4-6-8-18)20-9-11-32(12-10-20)24(36)16-34/h4-8,13-14,20,34H,3,9-12,15-17H2,1-2H3/q+1. The van der Waals surface area contributed by atoms with Gasteiger partial charge in [-0.25, -0.2) is 9.28 Å². The van der Waals surface area contributed by atoms with Gasteiger partial charge in [0.2, 0.25) is 11.7 Å². The minimum Gasteiger partial charge on any atom is -0.481 e. The largest absolute Gasteiger partial charge is 0.481 e. The number of Topliss-reactive ketones (excluding diaryl/α,β-unsaturated/α-hetero) is 1. The predicted molar refractivity (Wildman–Crippen MR) is 132 cm³/mol. The molecule has 1 fully saturated rings. The summed E-state index contributed by atoms with van der Waals surface area (Å²) >= 11 is 0. The molecule has 2 aliphatic rings. The molecule has 0 radical (unpaired) electrons. The van der Waals surface area contributed by atoms with Crippen molar-refractivity contribution in [2.24, 2.45) is 7.05 Å². The van der Waals surface area contributed by atoms with Gasteiger partial charge >= 0.3 is 12.1 Å². The van der Waals surface area contributed by atoms with Crippen LogP contribution >= 0.6 is 0 Å². The molecule has 0 bridgehead atoms. The maximum Gasteiger partial charge on any atom is 0.422 e. The summed E-state index contributed by atoms with van der Waals surface area (Å²) < 4.78 is 45.3. The highest BCUT2D eigenvalue weighted by atomic mass is 19.4. The molecule has 2 aliphatic heterocycles. The van der Waals surface area contributed by atoms with Crippen LogP contribution in [0.5, 0.6) is 5.75 Å². The van der Waals surface area contributed by atoms with Crippen molar-refractivity contribution in [2.75, 3.05) is 32.8 Å². The molecule has 0 spiro atoms. The molecule has 0 aliphatic carbocycles. The molecule has 11 heteroatoms. The predicted octanol–water partition coefficient (Wildman–Crippen LogP) is 3.55. The van der Waals surface area contributed by atoms with E-state index < -0.39 is 37.2 Å². The number of ether oxygens (including phenoxy) is 1. The van der Waals surface area contributed by atoms with Gasteiger partial charge in [0, 0.05) is 57.2 Å². The Bertz CT molecular complexity index is 1250. The first-order valence-electron chi connectivity index (χ1n) is 12.5. The molecule has 1 N–H and O–H groups in total. The minimum absolute atomic E-state index is 0.0173. The van der Waals surface area contributed by atoms with Crippen LogP contribution in [0.3, 0.4) is 0 Å². The topological polar surface area (TPSA) is 88.8 Å². The number of quaternary nitrogens is 1. The lowest BCUT2D eigenvalue weighted by Crippen LogP contribution is -2.64. The Labute approximate surface area is 218 Å². The Balaban J connectivity index is 1.81. The molecule has 1 saturated heterocycles. The number of hydrogen-bond acceptors (Lipinski definition) is 5. The van der Waals surface area contributed by atoms with E-state index in [0.717, 1.165) is 0 Å². The van der Waals surface area contributed by atoms with Crippen molar-refractivity contribution in [2.45, 2.75) is 38.4 Å². The summed E-state index contributed by atoms with van der Waals surface area (Å²) in [7, 11) is 1.63. The second-order valence-electron chi connectivity index (χ2n) is 9.65. The van der Waals surface area contributed by atoms with Gasteiger partial charge in [0.1, 0.15) is 23.9 Å². The monoisotopic (exact) mass is 534 g/mol. The van der Waals surface area contributed by atoms with E-state index in [4.69, 9.17) is 4.74 Å². The van der Waals surface area contributed by atoms with Crippen LogP contribution in [0.1, 0.15) is 52.6 Å². The third-order valence-corrected chi connectivity index (χ3v) is 7.40. The molecule has 1 aromatic carbocycles. The van der Waals surface area contributed by atoms with Crippen molar-refractivity contribution in [1.82, 2.24) is 9.47 Å². The normalized spacial score (nSPS) is 20.2. The van der Waals surface area contributed by atoms with E-state index in [1.807, 2.05) is 6.92 Å². The van der Waals surface area contributed by atoms with E-state index in [0.29, 0.717) is 36.2 Å². The number of ketones is 1. The smallest absolute Gasteiger partial charge is 0.422 e. The Hall–Kier alpha value is -3.44. The van der Waals surface area contributed by atoms with Gasteiger partial charge in [0.05, 0.1) is 5.69 Å². The van der Waals surface area contributed by atoms with Crippen LogP contribution in [0.25, 0.3) is 6.08 Å². The van der Waals surface area contributed by atoms with Crippen LogP contribution in [0.2, 0.25) is 0 Å². The summed E-state index contributed by atoms with van der Waals surface area (Å²) in [4.78, 5) is 41.6. The molecule has 0 saturated carbocycles. The van der Waals surface area contributed by atoms with Crippen molar-refractivity contribution < 1.29 is 41.9 Å². The number of benzene rings is 1. The van der Waals surface area contributed by atoms with Crippen LogP contribution in [-0.2, 0) is 11.8 Å². The second kappa shape index (κ2) is 10.7. The number of aryl methyl sites for hydroxylation is 1. The summed E-state index contributed by atoms with van der Waals surface area (Å²) in [6.07, 6.45) is -0.283. The van der Waals surface area contributed by atoms with Gasteiger partial charge < -0.3 is 19.3 Å². The summed E-state index contributed by atoms with van der Waals surface area (Å²) in [5.74, 6) is -1.36. The number of aromatic nitrogens is 1. The third kappa shape index (κ3) is 5.12. The van der Waals surface area contributed by atoms with E-state index in [2.05, 4.69) is 0 Å². The van der Waals surface area contributed by atoms with Crippen molar-refractivity contribution >= 4 is 23.7 Å². The number of aliphatic hydroxyl groups excluding tert-OH is 1. The molecule has 38 heavy (non-hydrogen) atoms. The zero-order valence-electron chi connectivity index (χ0n) is 21.3. The van der Waals surface area contributed by atoms with Gasteiger partial charge in [0.25, 0.3) is 0 Å². The number of fused-ring (bicyclic) bond motifs is 1. The molecule has 2 amide bonds. The highest BCUT2D eigenvalue weighted by molar-refractivity contribution is 6.02. The number of carbonyl (C=O) groups is 3. The van der Waals surface area contributed by atoms with Crippen LogP contribution in [0.4, 0.5) is 13.2 Å². The molecule has 1 unspecified atom stereocenters. The first-order valence-corrected chi connectivity index (χ1v) is 12.5. The second-order valence-corrected chi connectivity index (χ2v) is 9.65. The lowest BCUT2D eigenvalue weighted by atomic mass is 9.91. The lowest BCUT2D eigenvalue weighted by molar-refractivity contribution is -0.831. The average Bonchev–Trinajstić information content (AvgIpc) is 3.23. The van der Waals surface area contributed by atoms with E-state index >= 15 is 0 Å². The number of amides is 2. The number of allylic oxidation sites excluding steroid dienone is 1. The van der Waals surface area contributed by atoms with Crippen LogP contribution in [-0.4, -0.2) is 81.7 Å². The fourth-order valence-electron chi connectivity index (χ4n) is 5.56. The first kappa shape index (κ1) is 27.6. The molecule has 4 rings (SSSR count). The quantitative estimate of drug-likeness (QED) is 0.414. The molecule has 1 atom stereocenters. The van der Waals surface area contributed by atoms with Crippen molar-refractivity contribution in [1.29, 1.82) is 0 Å². The number of halogens is 3. The van der Waals surface area contributed by atoms with Gasteiger partial charge in [-0.2, -0.15) is 13.2 Å². The van der Waals surface area contributed by atoms with Crippen LogP contribution < -0.4 is 4.74 Å². The van der Waals surface area contributed by atoms with E-state index in [1.165, 1.54) is 11.1 Å². The Morgan fingerprint density at radius 1 is 1.16 bits per heavy atom. The Morgan fingerprint density at radius 3 is 2.39 bits per heavy atom. The summed E-state index contributed by atoms with van der Waals surface area (Å²) in [6.45, 7) is 0.0573. The maximum atomic E-state index is 14.5. The average molecular weight is 535 g/mol. The number of alkyl halides is 3. The number of likely N-dealkylation sites (tertiary alicyclic amines) is 1. The number of piperidine rings is 1. The summed E-state index contributed by atoms with van der Waals surface area (Å²) in [5, 5.41) is 9.27. The highest BCUT2D eigenvalue weighted by Gasteiger charge is 2.54. The number of rotatable bonds is 8. The van der Waals surface area contributed by atoms with Gasteiger partial charge in [-0.05, 0) is 0 Å². The van der Waals surface area contributed by atoms with Crippen LogP contribution in [0.15, 0.2) is 42.2 Å². The summed E-state index contributed by atoms with van der Waals surface area (Å²) in [5.41, 5.74) is 1.54. The zero-order valence-corrected chi connectivity index (χ0v) is 21.3. The third-order valence-electron chi connectivity index (χ3n) is 7.40. The lowest BCUT2D eigenvalue weighted by Gasteiger charge is -2.47. The highest BCUT2D eigenvalue weighted by Crippen LogP contribution is 2.43. The fraction of sp³-hybridized carbons (Fsp3) is 0.444. The molecular formula is C27H31F3N3O5+. The van der Waals surface area contributed by atoms with Crippen LogP contribution in [0, 0.1) is 0 Å². The molecular weight excluding hydrogens is 503 g/mol. The first-order chi connectivity index (χ1) is 18.0. The van der Waals surface area contributed by atoms with E-state index in [9.17, 15) is 32.7 Å². The van der Waals surface area contributed by atoms with Gasteiger partial charge in [0.15, 0.2) is 18.9 Å². The number of carbonyl (C=O) groups excluding carboxylic acids is 3. The number of aliphatic hydroxyl groups is 1. The zero-order chi connectivity index (χ0) is 27.7. The van der Waals surface area contributed by atoms with Gasteiger partial charge in [-0.1, -0.05) is 37.3 Å². The maximum absolute atomic E-state index is 14.5. The summed E-state index contributed by atoms with van der Waals surface area (Å²) in [6, 6.07) is 8.15. The molecule has 1 aromatic heterocycles. The fourth-order valence-corrected chi connectivity index (χ4v) is 5.56. The SMILES string of the molecule is CCC1=Cc2c(c(OCC(F)(F)F)cn2C)C(=O)[N+]1(CC(=O)c1ccccc1)C1CCN(C(=O)CO)CC1. The molecule has 2 aromatic rings. The van der Waals surface area contributed by atoms with Crippen molar-refractivity contribution in [3.8, 4) is 5.75 Å². The van der Waals surface area contributed by atoms with E-state index in [-0.39, 0.29) is 41.2 Å². The molecule has 3 heterocycles. The Kier molecular flexibility index (Phi) is 7.80. The molecule has 204 valence electrons. The molecule has 8 nitrogen and oxygen atoms in total. The number of nitrogens with zero attached hydrogens (tertiary/aromatic N) is 3. The van der Waals surface area contributed by atoms with Gasteiger partial charge in [-0.3, -0.25) is 9.59 Å². The Morgan fingerprint density at radius 2 is 1.82 bits per heavy atom. The van der Waals surface area contributed by atoms with E-state index in [1.54, 1.807) is 48.0 Å². The van der Waals surface area contributed by atoms with Crippen molar-refractivity contribution in [3.05, 3.63) is 59.0 Å². The van der Waals surface area contributed by atoms with Crippen molar-refractivity contribution in [3.63, 3.8) is 0 Å². The number of hydrogen-bond donors (Lipinski definition) is 1.